The molecule has 0 amide bonds. The first-order valence-corrected chi connectivity index (χ1v) is 8.66. The van der Waals surface area contributed by atoms with E-state index in [9.17, 15) is 0 Å². The molecular weight excluding hydrogens is 246 g/mol. The van der Waals surface area contributed by atoms with Crippen LogP contribution in [-0.2, 0) is 0 Å². The van der Waals surface area contributed by atoms with Crippen molar-refractivity contribution in [3.8, 4) is 0 Å². The van der Waals surface area contributed by atoms with Crippen LogP contribution in [0.2, 0.25) is 0 Å². The van der Waals surface area contributed by atoms with E-state index in [4.69, 9.17) is 5.73 Å². The van der Waals surface area contributed by atoms with E-state index < -0.39 is 0 Å². The van der Waals surface area contributed by atoms with Crippen LogP contribution in [-0.4, -0.2) is 53.6 Å². The molecule has 0 aromatic heterocycles. The van der Waals surface area contributed by atoms with Crippen LogP contribution in [0.5, 0.6) is 0 Å². The maximum atomic E-state index is 6.43. The Balaban J connectivity index is 1.88. The van der Waals surface area contributed by atoms with Gasteiger partial charge in [0.1, 0.15) is 0 Å². The largest absolute Gasteiger partial charge is 0.326 e. The van der Waals surface area contributed by atoms with Gasteiger partial charge in [-0.1, -0.05) is 19.8 Å². The summed E-state index contributed by atoms with van der Waals surface area (Å²) in [5.41, 5.74) is 6.74. The fourth-order valence-corrected chi connectivity index (χ4v) is 4.07. The summed E-state index contributed by atoms with van der Waals surface area (Å²) in [6, 6.07) is 1.05. The molecule has 2 rings (SSSR count). The van der Waals surface area contributed by atoms with Gasteiger partial charge in [0.2, 0.25) is 0 Å². The molecule has 1 saturated carbocycles. The smallest absolute Gasteiger partial charge is 0.0250 e. The highest BCUT2D eigenvalue weighted by molar-refractivity contribution is 4.92. The highest BCUT2D eigenvalue weighted by Gasteiger charge is 2.35. The lowest BCUT2D eigenvalue weighted by Gasteiger charge is -2.48. The first-order chi connectivity index (χ1) is 9.41. The highest BCUT2D eigenvalue weighted by Crippen LogP contribution is 2.31. The van der Waals surface area contributed by atoms with Crippen LogP contribution in [0.1, 0.15) is 59.8 Å². The van der Waals surface area contributed by atoms with Gasteiger partial charge in [-0.3, -0.25) is 9.80 Å². The van der Waals surface area contributed by atoms with E-state index in [2.05, 4.69) is 37.5 Å². The van der Waals surface area contributed by atoms with Crippen molar-refractivity contribution in [1.29, 1.82) is 0 Å². The van der Waals surface area contributed by atoms with Gasteiger partial charge < -0.3 is 5.73 Å². The number of hydrogen-bond acceptors (Lipinski definition) is 3. The summed E-state index contributed by atoms with van der Waals surface area (Å²) in [7, 11) is 0. The second-order valence-electron chi connectivity index (χ2n) is 7.89. The molecule has 3 heteroatoms. The molecule has 1 saturated heterocycles. The van der Waals surface area contributed by atoms with Gasteiger partial charge in [0.15, 0.2) is 0 Å². The van der Waals surface area contributed by atoms with Gasteiger partial charge >= 0.3 is 0 Å². The molecule has 3 nitrogen and oxygen atoms in total. The molecule has 20 heavy (non-hydrogen) atoms. The lowest BCUT2D eigenvalue weighted by atomic mass is 9.79. The molecule has 1 aliphatic heterocycles. The van der Waals surface area contributed by atoms with Crippen LogP contribution in [0.15, 0.2) is 0 Å². The summed E-state index contributed by atoms with van der Waals surface area (Å²) in [5, 5.41) is 0. The van der Waals surface area contributed by atoms with E-state index in [0.717, 1.165) is 5.92 Å². The number of nitrogens with zero attached hydrogens (tertiary/aromatic N) is 2. The van der Waals surface area contributed by atoms with Crippen molar-refractivity contribution in [3.05, 3.63) is 0 Å². The predicted octanol–water partition coefficient (Wildman–Crippen LogP) is 2.70. The van der Waals surface area contributed by atoms with Crippen LogP contribution in [0.4, 0.5) is 0 Å². The summed E-state index contributed by atoms with van der Waals surface area (Å²) in [4.78, 5) is 5.30. The van der Waals surface area contributed by atoms with Crippen LogP contribution in [0, 0.1) is 5.92 Å². The zero-order valence-electron chi connectivity index (χ0n) is 14.1. The molecule has 0 radical (unpaired) electrons. The van der Waals surface area contributed by atoms with Crippen molar-refractivity contribution in [2.45, 2.75) is 77.4 Å². The molecule has 2 fully saturated rings. The van der Waals surface area contributed by atoms with E-state index in [1.165, 1.54) is 58.3 Å². The lowest BCUT2D eigenvalue weighted by Crippen LogP contribution is -2.59. The van der Waals surface area contributed by atoms with Crippen molar-refractivity contribution in [2.75, 3.05) is 26.2 Å². The molecule has 0 aromatic carbocycles. The molecule has 0 aromatic rings. The normalized spacial score (nSPS) is 34.4. The molecular formula is C17H35N3. The standard InChI is InChI=1S/C17H35N3/c1-5-6-14-7-8-15(18)16(13-14)19-9-11-20(12-10-19)17(2,3)4/h14-16H,5-13,18H2,1-4H3. The Kier molecular flexibility index (Phi) is 5.49. The predicted molar refractivity (Wildman–Crippen MR) is 86.9 cm³/mol. The average Bonchev–Trinajstić information content (AvgIpc) is 2.40. The first-order valence-electron chi connectivity index (χ1n) is 8.66. The van der Waals surface area contributed by atoms with Gasteiger partial charge in [-0.2, -0.15) is 0 Å². The second-order valence-corrected chi connectivity index (χ2v) is 7.89. The zero-order chi connectivity index (χ0) is 14.8. The van der Waals surface area contributed by atoms with Gasteiger partial charge in [0, 0.05) is 43.8 Å². The molecule has 3 unspecified atom stereocenters. The third-order valence-electron chi connectivity index (χ3n) is 5.41. The summed E-state index contributed by atoms with van der Waals surface area (Å²) in [5.74, 6) is 0.922. The van der Waals surface area contributed by atoms with Crippen molar-refractivity contribution in [3.63, 3.8) is 0 Å². The Labute approximate surface area is 125 Å². The van der Waals surface area contributed by atoms with E-state index in [1.807, 2.05) is 0 Å². The van der Waals surface area contributed by atoms with E-state index in [-0.39, 0.29) is 0 Å². The average molecular weight is 281 g/mol. The number of rotatable bonds is 3. The molecule has 1 aliphatic carbocycles. The number of piperazine rings is 1. The Morgan fingerprint density at radius 3 is 2.25 bits per heavy atom. The summed E-state index contributed by atoms with van der Waals surface area (Å²) >= 11 is 0. The topological polar surface area (TPSA) is 32.5 Å². The van der Waals surface area contributed by atoms with Gasteiger partial charge in [0.05, 0.1) is 0 Å². The number of nitrogens with two attached hydrogens (primary N) is 1. The minimum atomic E-state index is 0.311. The van der Waals surface area contributed by atoms with Gasteiger partial charge in [-0.15, -0.1) is 0 Å². The summed E-state index contributed by atoms with van der Waals surface area (Å²) in [6.45, 7) is 14.1. The van der Waals surface area contributed by atoms with Gasteiger partial charge in [-0.25, -0.2) is 0 Å². The Morgan fingerprint density at radius 2 is 1.70 bits per heavy atom. The van der Waals surface area contributed by atoms with Gasteiger partial charge in [-0.05, 0) is 46.0 Å². The lowest BCUT2D eigenvalue weighted by molar-refractivity contribution is 0.0199. The van der Waals surface area contributed by atoms with Crippen LogP contribution < -0.4 is 5.73 Å². The fraction of sp³-hybridized carbons (Fsp3) is 1.00. The Morgan fingerprint density at radius 1 is 1.05 bits per heavy atom. The van der Waals surface area contributed by atoms with Crippen molar-refractivity contribution in [1.82, 2.24) is 9.80 Å². The second kappa shape index (κ2) is 6.76. The number of hydrogen-bond donors (Lipinski definition) is 1. The van der Waals surface area contributed by atoms with Crippen molar-refractivity contribution in [2.24, 2.45) is 11.7 Å². The minimum Gasteiger partial charge on any atom is -0.326 e. The molecule has 3 atom stereocenters. The third kappa shape index (κ3) is 3.96. The monoisotopic (exact) mass is 281 g/mol. The zero-order valence-corrected chi connectivity index (χ0v) is 14.1. The quantitative estimate of drug-likeness (QED) is 0.863. The molecule has 1 heterocycles. The van der Waals surface area contributed by atoms with Gasteiger partial charge in [0.25, 0.3) is 0 Å². The van der Waals surface area contributed by atoms with Crippen LogP contribution in [0.3, 0.4) is 0 Å². The van der Waals surface area contributed by atoms with E-state index in [1.54, 1.807) is 0 Å². The van der Waals surface area contributed by atoms with E-state index >= 15 is 0 Å². The molecule has 0 spiro atoms. The summed E-state index contributed by atoms with van der Waals surface area (Å²) in [6.07, 6.45) is 6.64. The Hall–Kier alpha value is -0.120. The third-order valence-corrected chi connectivity index (χ3v) is 5.41. The first kappa shape index (κ1) is 16.3. The SMILES string of the molecule is CCCC1CCC(N)C(N2CCN(C(C)(C)C)CC2)C1. The summed E-state index contributed by atoms with van der Waals surface area (Å²) < 4.78 is 0. The molecule has 118 valence electrons. The maximum Gasteiger partial charge on any atom is 0.0250 e. The van der Waals surface area contributed by atoms with Crippen LogP contribution in [0.25, 0.3) is 0 Å². The maximum absolute atomic E-state index is 6.43. The van der Waals surface area contributed by atoms with Crippen molar-refractivity contribution >= 4 is 0 Å². The van der Waals surface area contributed by atoms with Crippen LogP contribution >= 0.6 is 0 Å². The van der Waals surface area contributed by atoms with Crippen molar-refractivity contribution < 1.29 is 0 Å². The molecule has 2 N–H and O–H groups in total. The Bertz CT molecular complexity index is 289. The fourth-order valence-electron chi connectivity index (χ4n) is 4.07. The molecule has 2 aliphatic rings. The minimum absolute atomic E-state index is 0.311. The molecule has 0 bridgehead atoms. The van der Waals surface area contributed by atoms with E-state index in [0.29, 0.717) is 17.6 Å². The highest BCUT2D eigenvalue weighted by atomic mass is 15.3.